The van der Waals surface area contributed by atoms with E-state index in [-0.39, 0.29) is 5.91 Å². The van der Waals surface area contributed by atoms with Crippen LogP contribution < -0.4 is 10.2 Å². The molecule has 0 saturated heterocycles. The minimum absolute atomic E-state index is 0.252. The monoisotopic (exact) mass is 362 g/mol. The van der Waals surface area contributed by atoms with Gasteiger partial charge in [-0.05, 0) is 67.4 Å². The first-order chi connectivity index (χ1) is 13.0. The first-order valence-electron chi connectivity index (χ1n) is 8.62. The first-order valence-corrected chi connectivity index (χ1v) is 8.62. The van der Waals surface area contributed by atoms with Gasteiger partial charge in [0.25, 0.3) is 5.91 Å². The van der Waals surface area contributed by atoms with Crippen molar-refractivity contribution in [2.24, 2.45) is 5.10 Å². The molecule has 0 spiro atoms. The Morgan fingerprint density at radius 1 is 1.15 bits per heavy atom. The van der Waals surface area contributed by atoms with Gasteiger partial charge in [0, 0.05) is 11.3 Å². The molecule has 3 rings (SSSR count). The number of carbonyl (C=O) groups excluding carboxylic acids is 1. The van der Waals surface area contributed by atoms with Crippen LogP contribution in [0.3, 0.4) is 0 Å². The fourth-order valence-electron chi connectivity index (χ4n) is 2.69. The van der Waals surface area contributed by atoms with Crippen LogP contribution in [0.25, 0.3) is 0 Å². The molecule has 1 N–H and O–H groups in total. The highest BCUT2D eigenvalue weighted by Crippen LogP contribution is 2.10. The van der Waals surface area contributed by atoms with Gasteiger partial charge in [-0.25, -0.2) is 5.43 Å². The van der Waals surface area contributed by atoms with Crippen molar-refractivity contribution in [2.45, 2.75) is 20.4 Å². The number of methoxy groups -OCH3 is 1. The lowest BCUT2D eigenvalue weighted by Crippen LogP contribution is -2.17. The number of nitrogens with one attached hydrogen (secondary N) is 1. The van der Waals surface area contributed by atoms with Gasteiger partial charge in [-0.2, -0.15) is 10.2 Å². The largest absolute Gasteiger partial charge is 0.497 e. The van der Waals surface area contributed by atoms with Gasteiger partial charge >= 0.3 is 0 Å². The van der Waals surface area contributed by atoms with Gasteiger partial charge in [-0.1, -0.05) is 12.1 Å². The maximum absolute atomic E-state index is 12.2. The van der Waals surface area contributed by atoms with Crippen molar-refractivity contribution in [3.05, 3.63) is 82.7 Å². The van der Waals surface area contributed by atoms with Crippen molar-refractivity contribution >= 4 is 12.1 Å². The minimum atomic E-state index is -0.252. The van der Waals surface area contributed by atoms with Crippen LogP contribution in [0.4, 0.5) is 0 Å². The summed E-state index contributed by atoms with van der Waals surface area (Å²) in [5, 5.41) is 8.45. The molecule has 6 nitrogen and oxygen atoms in total. The molecule has 1 aromatic heterocycles. The Bertz CT molecular complexity index is 941. The molecule has 0 aliphatic rings. The molecule has 1 amide bonds. The molecule has 3 aromatic rings. The van der Waals surface area contributed by atoms with Crippen LogP contribution in [-0.2, 0) is 6.54 Å². The highest BCUT2D eigenvalue weighted by Gasteiger charge is 2.06. The summed E-state index contributed by atoms with van der Waals surface area (Å²) in [6.07, 6.45) is 1.59. The van der Waals surface area contributed by atoms with E-state index in [0.29, 0.717) is 12.1 Å². The Hall–Kier alpha value is -3.41. The summed E-state index contributed by atoms with van der Waals surface area (Å²) >= 11 is 0. The summed E-state index contributed by atoms with van der Waals surface area (Å²) in [6.45, 7) is 4.68. The van der Waals surface area contributed by atoms with Crippen LogP contribution in [0.5, 0.6) is 5.75 Å². The van der Waals surface area contributed by atoms with Crippen molar-refractivity contribution < 1.29 is 9.53 Å². The molecule has 0 atom stereocenters. The number of aryl methyl sites for hydroxylation is 2. The van der Waals surface area contributed by atoms with Gasteiger partial charge in [-0.15, -0.1) is 0 Å². The third-order valence-electron chi connectivity index (χ3n) is 4.15. The Morgan fingerprint density at radius 3 is 2.44 bits per heavy atom. The highest BCUT2D eigenvalue weighted by atomic mass is 16.5. The van der Waals surface area contributed by atoms with Crippen LogP contribution in [-0.4, -0.2) is 29.0 Å². The van der Waals surface area contributed by atoms with Gasteiger partial charge in [0.15, 0.2) is 0 Å². The van der Waals surface area contributed by atoms with E-state index >= 15 is 0 Å². The molecular formula is C21H22N4O2. The zero-order valence-corrected chi connectivity index (χ0v) is 15.6. The fraction of sp³-hybridized carbons (Fsp3) is 0.190. The molecule has 0 fully saturated rings. The van der Waals surface area contributed by atoms with Crippen LogP contribution in [0.2, 0.25) is 0 Å². The number of hydrogen-bond donors (Lipinski definition) is 1. The van der Waals surface area contributed by atoms with Crippen LogP contribution in [0.15, 0.2) is 59.7 Å². The Balaban J connectivity index is 1.58. The van der Waals surface area contributed by atoms with Gasteiger partial charge in [0.1, 0.15) is 5.75 Å². The number of carbonyl (C=O) groups is 1. The van der Waals surface area contributed by atoms with E-state index in [4.69, 9.17) is 4.74 Å². The van der Waals surface area contributed by atoms with E-state index in [2.05, 4.69) is 15.6 Å². The highest BCUT2D eigenvalue weighted by molar-refractivity contribution is 5.94. The number of rotatable bonds is 6. The molecule has 0 unspecified atom stereocenters. The molecule has 0 radical (unpaired) electrons. The number of hydrogen-bond acceptors (Lipinski definition) is 4. The third kappa shape index (κ3) is 4.82. The van der Waals surface area contributed by atoms with Crippen molar-refractivity contribution in [3.8, 4) is 5.75 Å². The molecular weight excluding hydrogens is 340 g/mol. The lowest BCUT2D eigenvalue weighted by Gasteiger charge is -2.06. The van der Waals surface area contributed by atoms with E-state index in [0.717, 1.165) is 28.3 Å². The molecule has 27 heavy (non-hydrogen) atoms. The Kier molecular flexibility index (Phi) is 5.66. The molecule has 0 aliphatic carbocycles. The van der Waals surface area contributed by atoms with Crippen LogP contribution in [0, 0.1) is 13.8 Å². The lowest BCUT2D eigenvalue weighted by molar-refractivity contribution is 0.0955. The van der Waals surface area contributed by atoms with E-state index < -0.39 is 0 Å². The van der Waals surface area contributed by atoms with Crippen molar-refractivity contribution in [1.82, 2.24) is 15.2 Å². The third-order valence-corrected chi connectivity index (χ3v) is 4.15. The van der Waals surface area contributed by atoms with E-state index in [9.17, 15) is 4.79 Å². The summed E-state index contributed by atoms with van der Waals surface area (Å²) in [5.74, 6) is 0.522. The number of benzene rings is 2. The molecule has 2 aromatic carbocycles. The van der Waals surface area contributed by atoms with Crippen molar-refractivity contribution in [3.63, 3.8) is 0 Å². The minimum Gasteiger partial charge on any atom is -0.497 e. The number of amides is 1. The second-order valence-electron chi connectivity index (χ2n) is 6.25. The predicted molar refractivity (Wildman–Crippen MR) is 105 cm³/mol. The van der Waals surface area contributed by atoms with Crippen LogP contribution in [0.1, 0.15) is 32.9 Å². The Morgan fingerprint density at radius 2 is 1.85 bits per heavy atom. The molecule has 138 valence electrons. The van der Waals surface area contributed by atoms with E-state index in [1.165, 1.54) is 0 Å². The quantitative estimate of drug-likeness (QED) is 0.540. The number of hydrazone groups is 1. The average Bonchev–Trinajstić information content (AvgIpc) is 2.99. The Labute approximate surface area is 158 Å². The molecule has 0 bridgehead atoms. The second kappa shape index (κ2) is 8.31. The first kappa shape index (κ1) is 18.4. The maximum atomic E-state index is 12.2. The summed E-state index contributed by atoms with van der Waals surface area (Å²) in [7, 11) is 1.62. The van der Waals surface area contributed by atoms with Gasteiger partial charge in [-0.3, -0.25) is 9.48 Å². The SMILES string of the molecule is COc1ccc(/C=N/NC(=O)c2ccc(Cn3nc(C)cc3C)cc2)cc1. The smallest absolute Gasteiger partial charge is 0.271 e. The number of nitrogens with zero attached hydrogens (tertiary/aromatic N) is 3. The van der Waals surface area contributed by atoms with Crippen molar-refractivity contribution in [2.75, 3.05) is 7.11 Å². The fourth-order valence-corrected chi connectivity index (χ4v) is 2.69. The normalized spacial score (nSPS) is 10.9. The number of ether oxygens (including phenoxy) is 1. The zero-order chi connectivity index (χ0) is 19.2. The summed E-state index contributed by atoms with van der Waals surface area (Å²) in [4.78, 5) is 12.2. The molecule has 1 heterocycles. The van der Waals surface area contributed by atoms with Gasteiger partial charge < -0.3 is 4.74 Å². The second-order valence-corrected chi connectivity index (χ2v) is 6.25. The predicted octanol–water partition coefficient (Wildman–Crippen LogP) is 3.32. The van der Waals surface area contributed by atoms with Crippen molar-refractivity contribution in [1.29, 1.82) is 0 Å². The zero-order valence-electron chi connectivity index (χ0n) is 15.6. The van der Waals surface area contributed by atoms with Gasteiger partial charge in [0.2, 0.25) is 0 Å². The summed E-state index contributed by atoms with van der Waals surface area (Å²) in [6, 6.07) is 16.9. The molecule has 0 saturated carbocycles. The summed E-state index contributed by atoms with van der Waals surface area (Å²) in [5.41, 5.74) is 7.16. The maximum Gasteiger partial charge on any atom is 0.271 e. The van der Waals surface area contributed by atoms with E-state index in [1.54, 1.807) is 25.5 Å². The average molecular weight is 362 g/mol. The lowest BCUT2D eigenvalue weighted by atomic mass is 10.1. The topological polar surface area (TPSA) is 68.5 Å². The molecule has 0 aliphatic heterocycles. The van der Waals surface area contributed by atoms with E-state index in [1.807, 2.05) is 61.0 Å². The molecule has 6 heteroatoms. The summed E-state index contributed by atoms with van der Waals surface area (Å²) < 4.78 is 7.05. The van der Waals surface area contributed by atoms with Crippen LogP contribution >= 0.6 is 0 Å². The number of aromatic nitrogens is 2. The van der Waals surface area contributed by atoms with Gasteiger partial charge in [0.05, 0.1) is 25.6 Å². The standard InChI is InChI=1S/C21H22N4O2/c1-15-12-16(2)25(24-15)14-18-4-8-19(9-5-18)21(26)23-22-13-17-6-10-20(27-3)11-7-17/h4-13H,14H2,1-3H3,(H,23,26)/b22-13+.